The Hall–Kier alpha value is -3.25. The van der Waals surface area contributed by atoms with E-state index in [1.807, 2.05) is 23.1 Å². The first-order chi connectivity index (χ1) is 13.7. The van der Waals surface area contributed by atoms with Crippen molar-refractivity contribution >= 4 is 24.0 Å². The predicted octanol–water partition coefficient (Wildman–Crippen LogP) is 3.02. The zero-order chi connectivity index (χ0) is 19.8. The highest BCUT2D eigenvalue weighted by Crippen LogP contribution is 2.26. The molecule has 0 radical (unpaired) electrons. The first-order valence-electron chi connectivity index (χ1n) is 9.27. The number of likely N-dealkylation sites (tertiary alicyclic amines) is 1. The van der Waals surface area contributed by atoms with E-state index >= 15 is 0 Å². The van der Waals surface area contributed by atoms with E-state index in [0.29, 0.717) is 17.3 Å². The van der Waals surface area contributed by atoms with Gasteiger partial charge in [0.05, 0.1) is 11.4 Å². The summed E-state index contributed by atoms with van der Waals surface area (Å²) < 4.78 is 0. The summed E-state index contributed by atoms with van der Waals surface area (Å²) in [5.74, 6) is -0.282. The van der Waals surface area contributed by atoms with Gasteiger partial charge in [-0.1, -0.05) is 36.4 Å². The van der Waals surface area contributed by atoms with Crippen LogP contribution in [0.25, 0.3) is 12.2 Å². The fourth-order valence-electron chi connectivity index (χ4n) is 3.29. The molecule has 1 aromatic heterocycles. The van der Waals surface area contributed by atoms with Gasteiger partial charge in [-0.05, 0) is 42.7 Å². The average Bonchev–Trinajstić information content (AvgIpc) is 2.76. The number of pyridine rings is 1. The van der Waals surface area contributed by atoms with Gasteiger partial charge in [0.2, 0.25) is 5.91 Å². The van der Waals surface area contributed by atoms with E-state index in [1.54, 1.807) is 30.4 Å². The van der Waals surface area contributed by atoms with Crippen molar-refractivity contribution in [2.75, 3.05) is 13.1 Å². The molecule has 2 aromatic rings. The van der Waals surface area contributed by atoms with E-state index in [-0.39, 0.29) is 5.91 Å². The van der Waals surface area contributed by atoms with Gasteiger partial charge in [-0.15, -0.1) is 0 Å². The van der Waals surface area contributed by atoms with Gasteiger partial charge in [-0.3, -0.25) is 14.8 Å². The van der Waals surface area contributed by atoms with Crippen molar-refractivity contribution in [1.29, 1.82) is 0 Å². The van der Waals surface area contributed by atoms with Crippen molar-refractivity contribution in [2.45, 2.75) is 18.8 Å². The third kappa shape index (κ3) is 5.37. The molecule has 144 valence electrons. The first kappa shape index (κ1) is 19.5. The van der Waals surface area contributed by atoms with Crippen LogP contribution in [0.4, 0.5) is 0 Å². The molecule has 6 nitrogen and oxygen atoms in total. The molecule has 2 amide bonds. The summed E-state index contributed by atoms with van der Waals surface area (Å²) in [4.78, 5) is 29.9. The normalized spacial score (nSPS) is 17.2. The van der Waals surface area contributed by atoms with Crippen molar-refractivity contribution in [3.05, 3.63) is 77.6 Å². The molecule has 2 heterocycles. The lowest BCUT2D eigenvalue weighted by Gasteiger charge is -2.32. The van der Waals surface area contributed by atoms with E-state index < -0.39 is 5.91 Å². The minimum absolute atomic E-state index is 0.0250. The Balaban J connectivity index is 1.63. The molecule has 1 unspecified atom stereocenters. The molecule has 1 aliphatic rings. The number of nitrogens with one attached hydrogen (secondary N) is 1. The number of hydrogen-bond acceptors (Lipinski definition) is 4. The van der Waals surface area contributed by atoms with Crippen molar-refractivity contribution in [2.24, 2.45) is 0 Å². The zero-order valence-electron chi connectivity index (χ0n) is 15.5. The smallest absolute Gasteiger partial charge is 0.267 e. The lowest BCUT2D eigenvalue weighted by molar-refractivity contribution is -0.127. The highest BCUT2D eigenvalue weighted by molar-refractivity contribution is 5.92. The summed E-state index contributed by atoms with van der Waals surface area (Å²) >= 11 is 0. The summed E-state index contributed by atoms with van der Waals surface area (Å²) in [6.45, 7) is 1.48. The largest absolute Gasteiger partial charge is 0.339 e. The zero-order valence-corrected chi connectivity index (χ0v) is 15.5. The third-order valence-corrected chi connectivity index (χ3v) is 4.71. The van der Waals surface area contributed by atoms with Crippen LogP contribution in [0.5, 0.6) is 0 Å². The van der Waals surface area contributed by atoms with Crippen LogP contribution in [-0.4, -0.2) is 40.0 Å². The Morgan fingerprint density at radius 1 is 1.04 bits per heavy atom. The van der Waals surface area contributed by atoms with Crippen molar-refractivity contribution < 1.29 is 14.8 Å². The predicted molar refractivity (Wildman–Crippen MR) is 107 cm³/mol. The number of carbonyl (C=O) groups is 2. The van der Waals surface area contributed by atoms with Gasteiger partial charge in [0, 0.05) is 31.2 Å². The van der Waals surface area contributed by atoms with E-state index in [2.05, 4.69) is 17.1 Å². The molecule has 6 heteroatoms. The van der Waals surface area contributed by atoms with E-state index in [1.165, 1.54) is 23.2 Å². The number of carbonyl (C=O) groups excluding carboxylic acids is 2. The number of nitrogens with zero attached hydrogens (tertiary/aromatic N) is 2. The molecule has 3 rings (SSSR count). The molecule has 0 aliphatic carbocycles. The third-order valence-electron chi connectivity index (χ3n) is 4.71. The summed E-state index contributed by atoms with van der Waals surface area (Å²) in [5, 5.41) is 8.50. The van der Waals surface area contributed by atoms with Crippen LogP contribution in [0, 0.1) is 0 Å². The van der Waals surface area contributed by atoms with Gasteiger partial charge in [0.1, 0.15) is 0 Å². The molecule has 0 spiro atoms. The lowest BCUT2D eigenvalue weighted by atomic mass is 9.90. The number of benzene rings is 1. The summed E-state index contributed by atoms with van der Waals surface area (Å²) in [6.07, 6.45) is 7.97. The van der Waals surface area contributed by atoms with Crippen LogP contribution < -0.4 is 5.48 Å². The second-order valence-corrected chi connectivity index (χ2v) is 6.66. The molecule has 1 aromatic carbocycles. The van der Waals surface area contributed by atoms with Crippen molar-refractivity contribution in [3.8, 4) is 0 Å². The molecule has 1 aliphatic heterocycles. The van der Waals surface area contributed by atoms with Crippen molar-refractivity contribution in [1.82, 2.24) is 15.4 Å². The standard InChI is InChI=1S/C22H23N3O3/c26-21(24-28)13-11-19-9-4-10-20(23-19)12-14-22(27)25-15-5-8-18(16-25)17-6-2-1-3-7-17/h1-4,6-7,9-14,18,28H,5,8,15-16H2,(H,24,26). The van der Waals surface area contributed by atoms with Crippen LogP contribution in [0.15, 0.2) is 60.7 Å². The molecule has 2 N–H and O–H groups in total. The van der Waals surface area contributed by atoms with Crippen LogP contribution >= 0.6 is 0 Å². The van der Waals surface area contributed by atoms with Crippen LogP contribution in [-0.2, 0) is 9.59 Å². The quantitative estimate of drug-likeness (QED) is 0.477. The fraction of sp³-hybridized carbons (Fsp3) is 0.227. The molecular formula is C22H23N3O3. The Morgan fingerprint density at radius 3 is 2.46 bits per heavy atom. The number of hydroxylamine groups is 1. The topological polar surface area (TPSA) is 82.5 Å². The van der Waals surface area contributed by atoms with Crippen LogP contribution in [0.2, 0.25) is 0 Å². The van der Waals surface area contributed by atoms with Gasteiger partial charge in [0.25, 0.3) is 5.91 Å². The maximum absolute atomic E-state index is 12.6. The number of piperidine rings is 1. The number of amides is 2. The van der Waals surface area contributed by atoms with Crippen LogP contribution in [0.3, 0.4) is 0 Å². The van der Waals surface area contributed by atoms with Crippen molar-refractivity contribution in [3.63, 3.8) is 0 Å². The van der Waals surface area contributed by atoms with Crippen LogP contribution in [0.1, 0.15) is 35.7 Å². The molecule has 1 atom stereocenters. The Morgan fingerprint density at radius 2 is 1.75 bits per heavy atom. The van der Waals surface area contributed by atoms with Gasteiger partial charge in [0.15, 0.2) is 0 Å². The molecule has 0 bridgehead atoms. The molecular weight excluding hydrogens is 354 g/mol. The molecule has 0 saturated carbocycles. The minimum Gasteiger partial charge on any atom is -0.339 e. The SMILES string of the molecule is O=C(C=Cc1cccc(C=CC(=O)N2CCCC(c3ccccc3)C2)n1)NO. The summed E-state index contributed by atoms with van der Waals surface area (Å²) in [7, 11) is 0. The first-order valence-corrected chi connectivity index (χ1v) is 9.27. The molecule has 1 fully saturated rings. The monoisotopic (exact) mass is 377 g/mol. The second-order valence-electron chi connectivity index (χ2n) is 6.66. The number of hydrogen-bond donors (Lipinski definition) is 2. The van der Waals surface area contributed by atoms with Gasteiger partial charge < -0.3 is 4.90 Å². The van der Waals surface area contributed by atoms with E-state index in [4.69, 9.17) is 5.21 Å². The second kappa shape index (κ2) is 9.62. The van der Waals surface area contributed by atoms with E-state index in [9.17, 15) is 9.59 Å². The van der Waals surface area contributed by atoms with Gasteiger partial charge >= 0.3 is 0 Å². The van der Waals surface area contributed by atoms with Gasteiger partial charge in [-0.25, -0.2) is 10.5 Å². The Kier molecular flexibility index (Phi) is 6.70. The molecule has 1 saturated heterocycles. The molecule has 28 heavy (non-hydrogen) atoms. The highest BCUT2D eigenvalue weighted by atomic mass is 16.5. The van der Waals surface area contributed by atoms with E-state index in [0.717, 1.165) is 25.9 Å². The Bertz CT molecular complexity index is 878. The number of rotatable bonds is 5. The summed E-state index contributed by atoms with van der Waals surface area (Å²) in [6, 6.07) is 15.6. The average molecular weight is 377 g/mol. The highest BCUT2D eigenvalue weighted by Gasteiger charge is 2.23. The number of aromatic nitrogens is 1. The van der Waals surface area contributed by atoms with Gasteiger partial charge in [-0.2, -0.15) is 0 Å². The fourth-order valence-corrected chi connectivity index (χ4v) is 3.29. The Labute approximate surface area is 164 Å². The minimum atomic E-state index is -0.629. The summed E-state index contributed by atoms with van der Waals surface area (Å²) in [5.41, 5.74) is 3.98. The lowest BCUT2D eigenvalue weighted by Crippen LogP contribution is -2.38. The maximum atomic E-state index is 12.6. The maximum Gasteiger partial charge on any atom is 0.267 e.